The van der Waals surface area contributed by atoms with Crippen LogP contribution in [-0.4, -0.2) is 18.2 Å². The summed E-state index contributed by atoms with van der Waals surface area (Å²) in [6.45, 7) is 0. The predicted molar refractivity (Wildman–Crippen MR) is 95.0 cm³/mol. The summed E-state index contributed by atoms with van der Waals surface area (Å²) in [7, 11) is 0. The highest BCUT2D eigenvalue weighted by Crippen LogP contribution is 2.36. The maximum atomic E-state index is 13.0. The second kappa shape index (κ2) is 7.46. The van der Waals surface area contributed by atoms with Crippen LogP contribution in [0.2, 0.25) is 5.02 Å². The van der Waals surface area contributed by atoms with Crippen LogP contribution in [-0.2, 0) is 12.4 Å². The fourth-order valence-corrected chi connectivity index (χ4v) is 2.85. The van der Waals surface area contributed by atoms with Gasteiger partial charge in [0.15, 0.2) is 0 Å². The molecule has 1 aliphatic heterocycles. The van der Waals surface area contributed by atoms with E-state index in [2.05, 4.69) is 15.3 Å². The summed E-state index contributed by atoms with van der Waals surface area (Å²) in [6.07, 6.45) is -8.27. The Balaban J connectivity index is 1.74. The Bertz CT molecular complexity index is 916. The summed E-state index contributed by atoms with van der Waals surface area (Å²) in [5, 5.41) is 2.42. The van der Waals surface area contributed by atoms with Crippen molar-refractivity contribution in [1.82, 2.24) is 0 Å². The molecule has 2 aromatic carbocycles. The molecule has 1 heterocycles. The van der Waals surface area contributed by atoms with Gasteiger partial charge in [-0.2, -0.15) is 26.3 Å². The van der Waals surface area contributed by atoms with Crippen molar-refractivity contribution in [3.63, 3.8) is 0 Å². The molecular formula is C18H12ClF6N3. The summed E-state index contributed by atoms with van der Waals surface area (Å²) >= 11 is 5.60. The second-order valence-electron chi connectivity index (χ2n) is 5.97. The molecule has 0 saturated carbocycles. The van der Waals surface area contributed by atoms with Crippen molar-refractivity contribution in [1.29, 1.82) is 0 Å². The first kappa shape index (κ1) is 20.2. The van der Waals surface area contributed by atoms with Crippen LogP contribution in [0.1, 0.15) is 23.1 Å². The first-order valence-electron chi connectivity index (χ1n) is 7.93. The average molecular weight is 420 g/mol. The average Bonchev–Trinajstić information content (AvgIpc) is 2.62. The van der Waals surface area contributed by atoms with E-state index in [-0.39, 0.29) is 12.1 Å². The van der Waals surface area contributed by atoms with Gasteiger partial charge in [0, 0.05) is 12.1 Å². The first-order valence-corrected chi connectivity index (χ1v) is 8.31. The minimum absolute atomic E-state index is 0.160. The maximum Gasteiger partial charge on any atom is 0.417 e. The lowest BCUT2D eigenvalue weighted by Crippen LogP contribution is -2.25. The van der Waals surface area contributed by atoms with Gasteiger partial charge in [0.2, 0.25) is 0 Å². The Hall–Kier alpha value is -2.55. The van der Waals surface area contributed by atoms with Gasteiger partial charge >= 0.3 is 12.4 Å². The second-order valence-corrected chi connectivity index (χ2v) is 6.38. The Morgan fingerprint density at radius 3 is 2.21 bits per heavy atom. The third-order valence-electron chi connectivity index (χ3n) is 4.00. The van der Waals surface area contributed by atoms with Crippen LogP contribution < -0.4 is 5.32 Å². The van der Waals surface area contributed by atoms with E-state index in [1.165, 1.54) is 24.5 Å². The SMILES string of the molecule is FC(F)(F)c1ccc(C2=NC=NC(Nc3ccc(Cl)c(C(F)(F)F)c3)C2)cc1. The smallest absolute Gasteiger partial charge is 0.363 e. The summed E-state index contributed by atoms with van der Waals surface area (Å²) in [5.41, 5.74) is -0.663. The molecule has 0 bridgehead atoms. The minimum atomic E-state index is -4.60. The first-order chi connectivity index (χ1) is 13.0. The van der Waals surface area contributed by atoms with Gasteiger partial charge < -0.3 is 5.32 Å². The molecule has 1 aliphatic rings. The summed E-state index contributed by atoms with van der Waals surface area (Å²) in [5.74, 6) is 0. The van der Waals surface area contributed by atoms with Crippen LogP contribution in [0.15, 0.2) is 52.4 Å². The molecule has 148 valence electrons. The number of hydrogen-bond acceptors (Lipinski definition) is 3. The lowest BCUT2D eigenvalue weighted by molar-refractivity contribution is -0.138. The van der Waals surface area contributed by atoms with Crippen LogP contribution >= 0.6 is 11.6 Å². The highest BCUT2D eigenvalue weighted by molar-refractivity contribution is 6.31. The van der Waals surface area contributed by atoms with Crippen molar-refractivity contribution in [3.05, 3.63) is 64.2 Å². The summed E-state index contributed by atoms with van der Waals surface area (Å²) in [4.78, 5) is 8.11. The molecule has 0 fully saturated rings. The monoisotopic (exact) mass is 419 g/mol. The maximum absolute atomic E-state index is 13.0. The van der Waals surface area contributed by atoms with Crippen LogP contribution in [0.3, 0.4) is 0 Å². The number of aliphatic imine (C=N–C) groups is 2. The Morgan fingerprint density at radius 2 is 1.61 bits per heavy atom. The molecule has 2 aromatic rings. The molecule has 0 spiro atoms. The van der Waals surface area contributed by atoms with Crippen molar-refractivity contribution in [2.24, 2.45) is 9.98 Å². The largest absolute Gasteiger partial charge is 0.417 e. The van der Waals surface area contributed by atoms with E-state index in [0.29, 0.717) is 11.3 Å². The fourth-order valence-electron chi connectivity index (χ4n) is 2.63. The number of anilines is 1. The molecule has 0 aromatic heterocycles. The molecule has 10 heteroatoms. The third-order valence-corrected chi connectivity index (χ3v) is 4.33. The van der Waals surface area contributed by atoms with E-state index in [9.17, 15) is 26.3 Å². The highest BCUT2D eigenvalue weighted by atomic mass is 35.5. The van der Waals surface area contributed by atoms with Crippen molar-refractivity contribution in [3.8, 4) is 0 Å². The standard InChI is InChI=1S/C18H12ClF6N3/c19-14-6-5-12(7-13(14)18(23,24)25)28-16-8-15(26-9-27-16)10-1-3-11(4-2-10)17(20,21)22/h1-7,9,16,28H,8H2. The van der Waals surface area contributed by atoms with Crippen molar-refractivity contribution < 1.29 is 26.3 Å². The number of rotatable bonds is 3. The Kier molecular flexibility index (Phi) is 5.38. The highest BCUT2D eigenvalue weighted by Gasteiger charge is 2.33. The van der Waals surface area contributed by atoms with Gasteiger partial charge in [-0.3, -0.25) is 0 Å². The van der Waals surface area contributed by atoms with Gasteiger partial charge in [-0.15, -0.1) is 0 Å². The van der Waals surface area contributed by atoms with Gasteiger partial charge in [0.1, 0.15) is 12.5 Å². The Morgan fingerprint density at radius 1 is 0.929 bits per heavy atom. The Labute approximate surface area is 160 Å². The van der Waals surface area contributed by atoms with Crippen LogP contribution in [0.4, 0.5) is 32.0 Å². The lowest BCUT2D eigenvalue weighted by Gasteiger charge is -2.21. The molecule has 1 atom stereocenters. The number of nitrogens with zero attached hydrogens (tertiary/aromatic N) is 2. The van der Waals surface area contributed by atoms with E-state index in [1.807, 2.05) is 0 Å². The van der Waals surface area contributed by atoms with Crippen molar-refractivity contribution in [2.75, 3.05) is 5.32 Å². The number of halogens is 7. The summed E-state index contributed by atoms with van der Waals surface area (Å²) in [6, 6.07) is 7.87. The van der Waals surface area contributed by atoms with Crippen LogP contribution in [0.25, 0.3) is 0 Å². The van der Waals surface area contributed by atoms with Gasteiger partial charge in [-0.1, -0.05) is 23.7 Å². The van der Waals surface area contributed by atoms with E-state index in [1.54, 1.807) is 0 Å². The number of benzene rings is 2. The van der Waals surface area contributed by atoms with E-state index >= 15 is 0 Å². The zero-order valence-electron chi connectivity index (χ0n) is 13.9. The molecule has 0 radical (unpaired) electrons. The van der Waals surface area contributed by atoms with E-state index < -0.39 is 34.7 Å². The van der Waals surface area contributed by atoms with Crippen LogP contribution in [0, 0.1) is 0 Å². The van der Waals surface area contributed by atoms with E-state index in [0.717, 1.165) is 24.3 Å². The molecule has 3 nitrogen and oxygen atoms in total. The molecular weight excluding hydrogens is 408 g/mol. The molecule has 1 N–H and O–H groups in total. The van der Waals surface area contributed by atoms with Crippen molar-refractivity contribution in [2.45, 2.75) is 24.9 Å². The molecule has 28 heavy (non-hydrogen) atoms. The third kappa shape index (κ3) is 4.64. The van der Waals surface area contributed by atoms with Gasteiger partial charge in [-0.25, -0.2) is 9.98 Å². The zero-order valence-corrected chi connectivity index (χ0v) is 14.7. The predicted octanol–water partition coefficient (Wildman–Crippen LogP) is 6.04. The van der Waals surface area contributed by atoms with Gasteiger partial charge in [-0.05, 0) is 35.9 Å². The minimum Gasteiger partial charge on any atom is -0.363 e. The van der Waals surface area contributed by atoms with Crippen LogP contribution in [0.5, 0.6) is 0 Å². The van der Waals surface area contributed by atoms with Crippen molar-refractivity contribution >= 4 is 29.3 Å². The molecule has 0 amide bonds. The molecule has 1 unspecified atom stereocenters. The molecule has 3 rings (SSSR count). The quantitative estimate of drug-likeness (QED) is 0.605. The topological polar surface area (TPSA) is 36.8 Å². The lowest BCUT2D eigenvalue weighted by atomic mass is 10.0. The normalized spacial score (nSPS) is 17.4. The fraction of sp³-hybridized carbons (Fsp3) is 0.222. The van der Waals surface area contributed by atoms with Gasteiger partial charge in [0.05, 0.1) is 21.9 Å². The number of alkyl halides is 6. The summed E-state index contributed by atoms with van der Waals surface area (Å²) < 4.78 is 76.9. The van der Waals surface area contributed by atoms with Gasteiger partial charge in [0.25, 0.3) is 0 Å². The zero-order chi connectivity index (χ0) is 20.5. The number of nitrogens with one attached hydrogen (secondary N) is 1. The molecule has 0 saturated heterocycles. The molecule has 0 aliphatic carbocycles. The van der Waals surface area contributed by atoms with E-state index in [4.69, 9.17) is 11.6 Å². The number of hydrogen-bond donors (Lipinski definition) is 1.